The maximum atomic E-state index is 14.2. The molecule has 0 bridgehead atoms. The van der Waals surface area contributed by atoms with E-state index < -0.39 is 17.6 Å². The number of hydrogen-bond donors (Lipinski definition) is 0. The monoisotopic (exact) mass is 345 g/mol. The highest BCUT2D eigenvalue weighted by Crippen LogP contribution is 2.56. The van der Waals surface area contributed by atoms with E-state index in [9.17, 15) is 13.2 Å². The van der Waals surface area contributed by atoms with Gasteiger partial charge in [0.2, 0.25) is 0 Å². The molecule has 0 N–H and O–H groups in total. The number of alkyl halides is 3. The number of nitrogens with zero attached hydrogens (tertiary/aromatic N) is 1. The Labute approximate surface area is 146 Å². The van der Waals surface area contributed by atoms with Crippen LogP contribution in [0, 0.1) is 0 Å². The van der Waals surface area contributed by atoms with Gasteiger partial charge in [0.1, 0.15) is 5.41 Å². The minimum Gasteiger partial charge on any atom is -0.367 e. The summed E-state index contributed by atoms with van der Waals surface area (Å²) in [7, 11) is 0. The summed E-state index contributed by atoms with van der Waals surface area (Å²) >= 11 is 0. The maximum absolute atomic E-state index is 14.2. The highest BCUT2D eigenvalue weighted by atomic mass is 19.4. The van der Waals surface area contributed by atoms with Gasteiger partial charge in [0.15, 0.2) is 0 Å². The molecular weight excluding hydrogens is 323 g/mol. The van der Waals surface area contributed by atoms with Crippen LogP contribution in [0.4, 0.5) is 18.9 Å². The highest BCUT2D eigenvalue weighted by molar-refractivity contribution is 5.70. The Morgan fingerprint density at radius 3 is 2.56 bits per heavy atom. The van der Waals surface area contributed by atoms with Crippen LogP contribution in [0.1, 0.15) is 36.5 Å². The van der Waals surface area contributed by atoms with Crippen molar-refractivity contribution in [2.45, 2.75) is 50.2 Å². The van der Waals surface area contributed by atoms with E-state index >= 15 is 0 Å². The zero-order valence-electron chi connectivity index (χ0n) is 14.3. The van der Waals surface area contributed by atoms with Gasteiger partial charge in [-0.15, -0.1) is 0 Å². The molecule has 4 rings (SSSR count). The quantitative estimate of drug-likeness (QED) is 0.732. The lowest BCUT2D eigenvalue weighted by atomic mass is 9.75. The van der Waals surface area contributed by atoms with Crippen LogP contribution in [0.5, 0.6) is 0 Å². The molecule has 2 aliphatic heterocycles. The van der Waals surface area contributed by atoms with Crippen LogP contribution in [0.2, 0.25) is 0 Å². The molecule has 132 valence electrons. The molecule has 4 heteroatoms. The summed E-state index contributed by atoms with van der Waals surface area (Å²) in [6.45, 7) is 2.12. The summed E-state index contributed by atoms with van der Waals surface area (Å²) in [6, 6.07) is 14.7. The fourth-order valence-electron chi connectivity index (χ4n) is 4.64. The van der Waals surface area contributed by atoms with E-state index in [1.807, 2.05) is 41.3 Å². The lowest BCUT2D eigenvalue weighted by Gasteiger charge is -2.39. The first-order valence-electron chi connectivity index (χ1n) is 8.92. The van der Waals surface area contributed by atoms with E-state index in [-0.39, 0.29) is 0 Å². The molecule has 0 aromatic heterocycles. The topological polar surface area (TPSA) is 3.24 Å². The SMILES string of the molecule is C[C@@]1(C(F)(F)F)c2cccc3c2N(CCC3)[C@H]1CCc1ccccc1. The van der Waals surface area contributed by atoms with Crippen LogP contribution in [-0.2, 0) is 18.3 Å². The van der Waals surface area contributed by atoms with Crippen molar-refractivity contribution < 1.29 is 13.2 Å². The third-order valence-electron chi connectivity index (χ3n) is 5.99. The van der Waals surface area contributed by atoms with Gasteiger partial charge >= 0.3 is 6.18 Å². The molecule has 0 saturated heterocycles. The van der Waals surface area contributed by atoms with Gasteiger partial charge < -0.3 is 4.90 Å². The summed E-state index contributed by atoms with van der Waals surface area (Å²) in [4.78, 5) is 2.05. The second kappa shape index (κ2) is 5.79. The molecule has 0 amide bonds. The summed E-state index contributed by atoms with van der Waals surface area (Å²) in [5, 5.41) is 0. The lowest BCUT2D eigenvalue weighted by molar-refractivity contribution is -0.189. The van der Waals surface area contributed by atoms with E-state index in [0.29, 0.717) is 18.4 Å². The molecule has 2 heterocycles. The standard InChI is InChI=1S/C21H22F3N/c1-20(21(22,23)24)17-11-5-9-16-10-6-14-25(19(16)17)18(20)13-12-15-7-3-2-4-8-15/h2-5,7-9,11,18H,6,10,12-14H2,1H3/t18-,20+/m0/s1. The average molecular weight is 345 g/mol. The molecule has 0 unspecified atom stereocenters. The zero-order valence-corrected chi connectivity index (χ0v) is 14.3. The van der Waals surface area contributed by atoms with Gasteiger partial charge in [0, 0.05) is 18.3 Å². The highest BCUT2D eigenvalue weighted by Gasteiger charge is 2.63. The third kappa shape index (κ3) is 2.45. The van der Waals surface area contributed by atoms with Crippen molar-refractivity contribution >= 4 is 5.69 Å². The van der Waals surface area contributed by atoms with Crippen molar-refractivity contribution in [2.75, 3.05) is 11.4 Å². The summed E-state index contributed by atoms with van der Waals surface area (Å²) < 4.78 is 42.7. The normalized spacial score (nSPS) is 25.1. The van der Waals surface area contributed by atoms with Crippen LogP contribution in [0.25, 0.3) is 0 Å². The smallest absolute Gasteiger partial charge is 0.367 e. The number of halogens is 3. The molecule has 0 fully saturated rings. The minimum absolute atomic E-state index is 0.468. The van der Waals surface area contributed by atoms with Crippen molar-refractivity contribution in [1.29, 1.82) is 0 Å². The van der Waals surface area contributed by atoms with Gasteiger partial charge in [-0.3, -0.25) is 0 Å². The van der Waals surface area contributed by atoms with Gasteiger partial charge in [-0.2, -0.15) is 13.2 Å². The van der Waals surface area contributed by atoms with Gasteiger partial charge in [-0.1, -0.05) is 48.5 Å². The molecule has 2 aromatic carbocycles. The number of anilines is 1. The Balaban J connectivity index is 1.75. The number of aryl methyl sites for hydroxylation is 2. The third-order valence-corrected chi connectivity index (χ3v) is 5.99. The summed E-state index contributed by atoms with van der Waals surface area (Å²) in [6.07, 6.45) is -1.29. The fourth-order valence-corrected chi connectivity index (χ4v) is 4.64. The Hall–Kier alpha value is -1.97. The average Bonchev–Trinajstić information content (AvgIpc) is 2.86. The van der Waals surface area contributed by atoms with Crippen molar-refractivity contribution in [2.24, 2.45) is 0 Å². The summed E-state index contributed by atoms with van der Waals surface area (Å²) in [5.41, 5.74) is 1.68. The molecule has 0 radical (unpaired) electrons. The molecule has 2 atom stereocenters. The molecule has 2 aliphatic rings. The minimum atomic E-state index is -4.26. The number of rotatable bonds is 3. The predicted octanol–water partition coefficient (Wildman–Crippen LogP) is 5.27. The summed E-state index contributed by atoms with van der Waals surface area (Å²) in [5.74, 6) is 0. The van der Waals surface area contributed by atoms with Gasteiger partial charge in [-0.05, 0) is 49.3 Å². The van der Waals surface area contributed by atoms with Crippen LogP contribution in [0.3, 0.4) is 0 Å². The first-order valence-corrected chi connectivity index (χ1v) is 8.92. The van der Waals surface area contributed by atoms with Crippen molar-refractivity contribution in [3.05, 3.63) is 65.2 Å². The number of benzene rings is 2. The van der Waals surface area contributed by atoms with Gasteiger partial charge in [0.25, 0.3) is 0 Å². The van der Waals surface area contributed by atoms with Crippen molar-refractivity contribution in [1.82, 2.24) is 0 Å². The van der Waals surface area contributed by atoms with Crippen molar-refractivity contribution in [3.63, 3.8) is 0 Å². The molecule has 1 nitrogen and oxygen atoms in total. The Kier molecular flexibility index (Phi) is 3.82. The van der Waals surface area contributed by atoms with E-state index in [4.69, 9.17) is 0 Å². The van der Waals surface area contributed by atoms with E-state index in [1.165, 1.54) is 6.92 Å². The van der Waals surface area contributed by atoms with Crippen LogP contribution < -0.4 is 4.90 Å². The van der Waals surface area contributed by atoms with Gasteiger partial charge in [-0.25, -0.2) is 0 Å². The van der Waals surface area contributed by atoms with Crippen molar-refractivity contribution in [3.8, 4) is 0 Å². The number of hydrogen-bond acceptors (Lipinski definition) is 1. The largest absolute Gasteiger partial charge is 0.400 e. The zero-order chi connectivity index (χ0) is 17.7. The Morgan fingerprint density at radius 1 is 1.08 bits per heavy atom. The molecule has 0 saturated carbocycles. The lowest BCUT2D eigenvalue weighted by Crippen LogP contribution is -2.52. The number of para-hydroxylation sites is 1. The Morgan fingerprint density at radius 2 is 1.84 bits per heavy atom. The second-order valence-electron chi connectivity index (χ2n) is 7.35. The van der Waals surface area contributed by atoms with E-state index in [1.54, 1.807) is 12.1 Å². The van der Waals surface area contributed by atoms with E-state index in [2.05, 4.69) is 0 Å². The molecule has 0 spiro atoms. The van der Waals surface area contributed by atoms with Gasteiger partial charge in [0.05, 0.1) is 0 Å². The van der Waals surface area contributed by atoms with Crippen LogP contribution >= 0.6 is 0 Å². The first kappa shape index (κ1) is 16.5. The van der Waals surface area contributed by atoms with E-state index in [0.717, 1.165) is 36.2 Å². The molecular formula is C21H22F3N. The van der Waals surface area contributed by atoms with Crippen LogP contribution in [0.15, 0.2) is 48.5 Å². The molecule has 0 aliphatic carbocycles. The fraction of sp³-hybridized carbons (Fsp3) is 0.429. The Bertz CT molecular complexity index is 768. The molecule has 25 heavy (non-hydrogen) atoms. The second-order valence-corrected chi connectivity index (χ2v) is 7.35. The molecule has 2 aromatic rings. The maximum Gasteiger partial charge on any atom is 0.400 e. The predicted molar refractivity (Wildman–Crippen MR) is 94.1 cm³/mol. The van der Waals surface area contributed by atoms with Crippen LogP contribution in [-0.4, -0.2) is 18.8 Å². The first-order chi connectivity index (χ1) is 11.9.